The van der Waals surface area contributed by atoms with Crippen LogP contribution in [0.4, 0.5) is 17.6 Å². The first-order valence-electron chi connectivity index (χ1n) is 9.44. The summed E-state index contributed by atoms with van der Waals surface area (Å²) in [5.74, 6) is -3.50. The lowest BCUT2D eigenvalue weighted by Gasteiger charge is -2.12. The highest BCUT2D eigenvalue weighted by Crippen LogP contribution is 2.27. The van der Waals surface area contributed by atoms with Gasteiger partial charge in [-0.15, -0.1) is 0 Å². The van der Waals surface area contributed by atoms with Crippen molar-refractivity contribution in [3.05, 3.63) is 63.9 Å². The molecule has 32 heavy (non-hydrogen) atoms. The normalized spacial score (nSPS) is 11.1. The first-order chi connectivity index (χ1) is 15.2. The maximum atomic E-state index is 15.1. The van der Waals surface area contributed by atoms with Crippen LogP contribution in [0.5, 0.6) is 5.88 Å². The van der Waals surface area contributed by atoms with Crippen molar-refractivity contribution in [2.45, 2.75) is 27.0 Å². The van der Waals surface area contributed by atoms with Crippen molar-refractivity contribution < 1.29 is 27.1 Å². The highest BCUT2D eigenvalue weighted by atomic mass is 19.3. The van der Waals surface area contributed by atoms with Crippen LogP contribution in [-0.2, 0) is 11.3 Å². The first-order valence-corrected chi connectivity index (χ1v) is 9.44. The minimum atomic E-state index is -3.11. The number of hydrogen-bond acceptors (Lipinski definition) is 5. The van der Waals surface area contributed by atoms with Gasteiger partial charge in [-0.1, -0.05) is 26.0 Å². The smallest absolute Gasteiger partial charge is 0.388 e. The Hall–Kier alpha value is -3.76. The number of nitrogens with one attached hydrogen (secondary N) is 2. The molecule has 0 radical (unpaired) electrons. The molecule has 0 aliphatic rings. The molecular formula is C21H18F4N4O3. The number of pyridine rings is 1. The lowest BCUT2D eigenvalue weighted by Crippen LogP contribution is -2.27. The zero-order valence-electron chi connectivity index (χ0n) is 17.0. The lowest BCUT2D eigenvalue weighted by molar-refractivity contribution is -0.124. The molecule has 0 saturated heterocycles. The summed E-state index contributed by atoms with van der Waals surface area (Å²) in [5, 5.41) is 2.53. The highest BCUT2D eigenvalue weighted by Gasteiger charge is 2.20. The molecule has 0 aliphatic carbocycles. The molecule has 0 aliphatic heterocycles. The van der Waals surface area contributed by atoms with Crippen molar-refractivity contribution in [2.75, 3.05) is 0 Å². The van der Waals surface area contributed by atoms with E-state index >= 15 is 4.39 Å². The van der Waals surface area contributed by atoms with Crippen molar-refractivity contribution in [1.29, 1.82) is 0 Å². The molecule has 2 N–H and O–H groups in total. The summed E-state index contributed by atoms with van der Waals surface area (Å²) < 4.78 is 58.7. The van der Waals surface area contributed by atoms with Gasteiger partial charge in [-0.2, -0.15) is 8.78 Å². The first kappa shape index (κ1) is 22.9. The Kier molecular flexibility index (Phi) is 6.86. The molecule has 0 unspecified atom stereocenters. The molecule has 2 aromatic heterocycles. The van der Waals surface area contributed by atoms with Crippen LogP contribution < -0.4 is 15.6 Å². The van der Waals surface area contributed by atoms with Crippen LogP contribution in [-0.4, -0.2) is 27.5 Å². The van der Waals surface area contributed by atoms with E-state index in [4.69, 9.17) is 0 Å². The zero-order chi connectivity index (χ0) is 23.4. The number of benzene rings is 1. The van der Waals surface area contributed by atoms with E-state index in [2.05, 4.69) is 25.0 Å². The number of amides is 1. The van der Waals surface area contributed by atoms with Crippen molar-refractivity contribution >= 4 is 5.91 Å². The van der Waals surface area contributed by atoms with E-state index in [9.17, 15) is 22.8 Å². The molecule has 0 spiro atoms. The molecular weight excluding hydrogens is 432 g/mol. The van der Waals surface area contributed by atoms with Crippen LogP contribution in [0.25, 0.3) is 22.8 Å². The predicted octanol–water partition coefficient (Wildman–Crippen LogP) is 3.65. The number of H-pyrrole nitrogens is 1. The summed E-state index contributed by atoms with van der Waals surface area (Å²) in [5.41, 5.74) is -1.50. The number of halogens is 4. The van der Waals surface area contributed by atoms with E-state index in [1.165, 1.54) is 24.3 Å². The number of aromatic nitrogens is 3. The third-order valence-electron chi connectivity index (χ3n) is 4.32. The third-order valence-corrected chi connectivity index (χ3v) is 4.32. The second-order valence-electron chi connectivity index (χ2n) is 6.99. The van der Waals surface area contributed by atoms with Crippen LogP contribution in [0.1, 0.15) is 19.4 Å². The zero-order valence-corrected chi connectivity index (χ0v) is 17.0. The average Bonchev–Trinajstić information content (AvgIpc) is 2.72. The predicted molar refractivity (Wildman–Crippen MR) is 107 cm³/mol. The van der Waals surface area contributed by atoms with Gasteiger partial charge in [0.25, 0.3) is 5.56 Å². The molecule has 0 fully saturated rings. The van der Waals surface area contributed by atoms with Crippen LogP contribution in [0, 0.1) is 17.6 Å². The molecule has 168 valence electrons. The molecule has 2 heterocycles. The quantitative estimate of drug-likeness (QED) is 0.536. The van der Waals surface area contributed by atoms with Gasteiger partial charge in [-0.05, 0) is 12.1 Å². The molecule has 7 nitrogen and oxygen atoms in total. The van der Waals surface area contributed by atoms with Gasteiger partial charge in [-0.3, -0.25) is 9.59 Å². The largest absolute Gasteiger partial charge is 0.417 e. The molecule has 1 amide bonds. The number of rotatable bonds is 7. The van der Waals surface area contributed by atoms with E-state index < -0.39 is 41.1 Å². The Morgan fingerprint density at radius 1 is 1.12 bits per heavy atom. The maximum Gasteiger partial charge on any atom is 0.388 e. The monoisotopic (exact) mass is 450 g/mol. The summed E-state index contributed by atoms with van der Waals surface area (Å²) in [7, 11) is 0. The van der Waals surface area contributed by atoms with Gasteiger partial charge in [0.1, 0.15) is 17.5 Å². The Morgan fingerprint density at radius 2 is 1.88 bits per heavy atom. The SMILES string of the molecule is CC(C)C(=O)NCc1ccc(F)c(-c2nc(-c3cccc(OC(F)F)n3)cc(=O)[nH]2)c1F. The number of aromatic amines is 1. The highest BCUT2D eigenvalue weighted by molar-refractivity contribution is 5.77. The molecule has 0 atom stereocenters. The van der Waals surface area contributed by atoms with E-state index in [1.54, 1.807) is 13.8 Å². The number of carbonyl (C=O) groups excluding carboxylic acids is 1. The van der Waals surface area contributed by atoms with Gasteiger partial charge in [0, 0.05) is 30.2 Å². The lowest BCUT2D eigenvalue weighted by atomic mass is 10.1. The summed E-state index contributed by atoms with van der Waals surface area (Å²) in [6, 6.07) is 7.05. The number of carbonyl (C=O) groups is 1. The van der Waals surface area contributed by atoms with Gasteiger partial charge >= 0.3 is 6.61 Å². The third kappa shape index (κ3) is 5.29. The van der Waals surface area contributed by atoms with Crippen LogP contribution in [0.15, 0.2) is 41.2 Å². The number of hydrogen-bond donors (Lipinski definition) is 2. The fraction of sp³-hybridized carbons (Fsp3) is 0.238. The minimum Gasteiger partial charge on any atom is -0.417 e. The number of ether oxygens (including phenoxy) is 1. The molecule has 0 bridgehead atoms. The van der Waals surface area contributed by atoms with Crippen molar-refractivity contribution in [1.82, 2.24) is 20.3 Å². The maximum absolute atomic E-state index is 15.1. The van der Waals surface area contributed by atoms with Crippen LogP contribution in [0.3, 0.4) is 0 Å². The van der Waals surface area contributed by atoms with Gasteiger partial charge < -0.3 is 15.0 Å². The fourth-order valence-corrected chi connectivity index (χ4v) is 2.76. The van der Waals surface area contributed by atoms with Crippen molar-refractivity contribution in [3.8, 4) is 28.7 Å². The summed E-state index contributed by atoms with van der Waals surface area (Å²) in [4.78, 5) is 34.0. The standard InChI is InChI=1S/C21H18F4N4O3/c1-10(2)20(31)26-9-11-6-7-12(22)17(18(11)23)19-28-14(8-15(30)29-19)13-4-3-5-16(27-13)32-21(24)25/h3-8,10,21H,9H2,1-2H3,(H,26,31)(H,28,29,30). The molecule has 1 aromatic carbocycles. The van der Waals surface area contributed by atoms with E-state index in [0.29, 0.717) is 0 Å². The van der Waals surface area contributed by atoms with Gasteiger partial charge in [0.2, 0.25) is 11.8 Å². The topological polar surface area (TPSA) is 97.0 Å². The second-order valence-corrected chi connectivity index (χ2v) is 6.99. The minimum absolute atomic E-state index is 0.0170. The fourth-order valence-electron chi connectivity index (χ4n) is 2.76. The number of alkyl halides is 2. The summed E-state index contributed by atoms with van der Waals surface area (Å²) in [6.07, 6.45) is 0. The van der Waals surface area contributed by atoms with Gasteiger partial charge in [-0.25, -0.2) is 18.7 Å². The van der Waals surface area contributed by atoms with E-state index in [0.717, 1.165) is 12.1 Å². The summed E-state index contributed by atoms with van der Waals surface area (Å²) >= 11 is 0. The van der Waals surface area contributed by atoms with Gasteiger partial charge in [0.15, 0.2) is 0 Å². The Morgan fingerprint density at radius 3 is 2.56 bits per heavy atom. The molecule has 0 saturated carbocycles. The van der Waals surface area contributed by atoms with Crippen LogP contribution in [0.2, 0.25) is 0 Å². The second kappa shape index (κ2) is 9.58. The van der Waals surface area contributed by atoms with Crippen molar-refractivity contribution in [2.24, 2.45) is 5.92 Å². The van der Waals surface area contributed by atoms with Crippen LogP contribution >= 0.6 is 0 Å². The average molecular weight is 450 g/mol. The van der Waals surface area contributed by atoms with E-state index in [-0.39, 0.29) is 35.3 Å². The summed E-state index contributed by atoms with van der Waals surface area (Å²) in [6.45, 7) is 0.0195. The van der Waals surface area contributed by atoms with E-state index in [1.807, 2.05) is 0 Å². The molecule has 3 rings (SSSR count). The van der Waals surface area contributed by atoms with Gasteiger partial charge in [0.05, 0.1) is 17.0 Å². The Labute approximate surface area is 179 Å². The Bertz CT molecular complexity index is 1200. The molecule has 11 heteroatoms. The Balaban J connectivity index is 2.02. The number of nitrogens with zero attached hydrogens (tertiary/aromatic N) is 2. The molecule has 3 aromatic rings. The van der Waals surface area contributed by atoms with Crippen molar-refractivity contribution in [3.63, 3.8) is 0 Å².